The average Bonchev–Trinajstić information content (AvgIpc) is 2.43. The third-order valence-corrected chi connectivity index (χ3v) is 3.69. The Morgan fingerprint density at radius 3 is 1.95 bits per heavy atom. The maximum absolute atomic E-state index is 2.44. The Bertz CT molecular complexity index is 300. The number of nitrogens with zero attached hydrogens (tertiary/aromatic N) is 1. The topological polar surface area (TPSA) is 3.24 Å². The minimum absolute atomic E-state index is 0. The summed E-state index contributed by atoms with van der Waals surface area (Å²) in [4.78, 5) is 2.44. The van der Waals surface area contributed by atoms with Crippen LogP contribution >= 0.6 is 12.4 Å². The van der Waals surface area contributed by atoms with Crippen molar-refractivity contribution >= 4 is 12.4 Å². The minimum Gasteiger partial charge on any atom is -0.302 e. The molecule has 1 aromatic carbocycles. The van der Waals surface area contributed by atoms with Gasteiger partial charge in [-0.05, 0) is 25.6 Å². The highest BCUT2D eigenvalue weighted by Crippen LogP contribution is 2.09. The minimum atomic E-state index is 0. The monoisotopic (exact) mass is 297 g/mol. The van der Waals surface area contributed by atoms with Gasteiger partial charge >= 0.3 is 0 Å². The summed E-state index contributed by atoms with van der Waals surface area (Å²) in [5, 5.41) is 0. The van der Waals surface area contributed by atoms with Gasteiger partial charge in [0.1, 0.15) is 0 Å². The highest BCUT2D eigenvalue weighted by Gasteiger charge is 1.99. The Balaban J connectivity index is 0.00000361. The van der Waals surface area contributed by atoms with E-state index in [4.69, 9.17) is 0 Å². The predicted octanol–water partition coefficient (Wildman–Crippen LogP) is 5.68. The van der Waals surface area contributed by atoms with E-state index in [9.17, 15) is 0 Å². The first-order valence-corrected chi connectivity index (χ1v) is 8.05. The van der Waals surface area contributed by atoms with Crippen LogP contribution in [-0.2, 0) is 6.54 Å². The number of rotatable bonds is 11. The average molecular weight is 298 g/mol. The molecule has 0 aliphatic heterocycles. The van der Waals surface area contributed by atoms with E-state index in [0.717, 1.165) is 6.54 Å². The second-order valence-corrected chi connectivity index (χ2v) is 5.70. The molecule has 20 heavy (non-hydrogen) atoms. The molecule has 0 bridgehead atoms. The maximum atomic E-state index is 2.44. The first-order valence-electron chi connectivity index (χ1n) is 8.05. The molecule has 0 heterocycles. The number of hydrogen-bond donors (Lipinski definition) is 0. The smallest absolute Gasteiger partial charge is 0.0230 e. The molecule has 0 radical (unpaired) electrons. The van der Waals surface area contributed by atoms with Crippen LogP contribution in [0.4, 0.5) is 0 Å². The van der Waals surface area contributed by atoms with Crippen LogP contribution in [0.1, 0.15) is 63.9 Å². The van der Waals surface area contributed by atoms with Crippen LogP contribution in [0.2, 0.25) is 0 Å². The van der Waals surface area contributed by atoms with Crippen molar-refractivity contribution in [2.75, 3.05) is 13.6 Å². The molecule has 0 atom stereocenters. The molecule has 0 N–H and O–H groups in total. The molecule has 0 unspecified atom stereocenters. The predicted molar refractivity (Wildman–Crippen MR) is 92.6 cm³/mol. The zero-order chi connectivity index (χ0) is 13.8. The van der Waals surface area contributed by atoms with Crippen LogP contribution in [0, 0.1) is 0 Å². The number of benzene rings is 1. The Labute approximate surface area is 132 Å². The normalized spacial score (nSPS) is 10.6. The Morgan fingerprint density at radius 2 is 1.35 bits per heavy atom. The van der Waals surface area contributed by atoms with Crippen molar-refractivity contribution in [1.82, 2.24) is 4.90 Å². The van der Waals surface area contributed by atoms with E-state index in [1.54, 1.807) is 0 Å². The molecule has 2 heteroatoms. The van der Waals surface area contributed by atoms with E-state index in [1.807, 2.05) is 0 Å². The summed E-state index contributed by atoms with van der Waals surface area (Å²) in [6.07, 6.45) is 11.2. The summed E-state index contributed by atoms with van der Waals surface area (Å²) < 4.78 is 0. The van der Waals surface area contributed by atoms with E-state index >= 15 is 0 Å². The van der Waals surface area contributed by atoms with Crippen LogP contribution in [0.5, 0.6) is 0 Å². The largest absolute Gasteiger partial charge is 0.302 e. The lowest BCUT2D eigenvalue weighted by molar-refractivity contribution is 0.316. The fourth-order valence-electron chi connectivity index (χ4n) is 2.49. The lowest BCUT2D eigenvalue weighted by Crippen LogP contribution is -2.18. The first-order chi connectivity index (χ1) is 9.33. The Kier molecular flexibility index (Phi) is 13.1. The molecule has 116 valence electrons. The van der Waals surface area contributed by atoms with Crippen LogP contribution in [-0.4, -0.2) is 18.5 Å². The van der Waals surface area contributed by atoms with Crippen LogP contribution in [0.3, 0.4) is 0 Å². The van der Waals surface area contributed by atoms with E-state index in [1.165, 1.54) is 63.5 Å². The van der Waals surface area contributed by atoms with Crippen molar-refractivity contribution in [1.29, 1.82) is 0 Å². The summed E-state index contributed by atoms with van der Waals surface area (Å²) >= 11 is 0. The van der Waals surface area contributed by atoms with Gasteiger partial charge in [0.05, 0.1) is 0 Å². The van der Waals surface area contributed by atoms with Gasteiger partial charge in [-0.3, -0.25) is 0 Å². The van der Waals surface area contributed by atoms with E-state index < -0.39 is 0 Å². The van der Waals surface area contributed by atoms with Crippen molar-refractivity contribution in [2.24, 2.45) is 0 Å². The molecule has 0 aromatic heterocycles. The third-order valence-electron chi connectivity index (χ3n) is 3.69. The van der Waals surface area contributed by atoms with E-state index in [0.29, 0.717) is 0 Å². The molecular formula is C18H32ClN. The van der Waals surface area contributed by atoms with Crippen molar-refractivity contribution < 1.29 is 0 Å². The van der Waals surface area contributed by atoms with Gasteiger partial charge in [0.25, 0.3) is 0 Å². The van der Waals surface area contributed by atoms with E-state index in [-0.39, 0.29) is 12.4 Å². The number of unbranched alkanes of at least 4 members (excludes halogenated alkanes) is 7. The second kappa shape index (κ2) is 13.5. The summed E-state index contributed by atoms with van der Waals surface area (Å²) in [7, 11) is 2.23. The van der Waals surface area contributed by atoms with Crippen molar-refractivity contribution in [3.05, 3.63) is 35.9 Å². The SMILES string of the molecule is CCCCCCCCCCN(C)Cc1ccccc1.Cl. The van der Waals surface area contributed by atoms with Gasteiger partial charge in [-0.2, -0.15) is 0 Å². The summed E-state index contributed by atoms with van der Waals surface area (Å²) in [5.74, 6) is 0. The number of hydrogen-bond acceptors (Lipinski definition) is 1. The van der Waals surface area contributed by atoms with Gasteiger partial charge in [0, 0.05) is 6.54 Å². The summed E-state index contributed by atoms with van der Waals surface area (Å²) in [5.41, 5.74) is 1.42. The van der Waals surface area contributed by atoms with Crippen molar-refractivity contribution in [3.8, 4) is 0 Å². The molecule has 1 aromatic rings. The molecule has 0 aliphatic carbocycles. The second-order valence-electron chi connectivity index (χ2n) is 5.70. The Hall–Kier alpha value is -0.530. The lowest BCUT2D eigenvalue weighted by atomic mass is 10.1. The number of halogens is 1. The van der Waals surface area contributed by atoms with E-state index in [2.05, 4.69) is 49.2 Å². The molecular weight excluding hydrogens is 266 g/mol. The molecule has 0 saturated heterocycles. The molecule has 1 nitrogen and oxygen atoms in total. The fourth-order valence-corrected chi connectivity index (χ4v) is 2.49. The van der Waals surface area contributed by atoms with Crippen LogP contribution in [0.15, 0.2) is 30.3 Å². The summed E-state index contributed by atoms with van der Waals surface area (Å²) in [6.45, 7) is 4.59. The quantitative estimate of drug-likeness (QED) is 0.475. The van der Waals surface area contributed by atoms with Crippen molar-refractivity contribution in [2.45, 2.75) is 64.8 Å². The molecule has 0 spiro atoms. The highest BCUT2D eigenvalue weighted by atomic mass is 35.5. The van der Waals surface area contributed by atoms with Crippen molar-refractivity contribution in [3.63, 3.8) is 0 Å². The zero-order valence-electron chi connectivity index (χ0n) is 13.3. The first kappa shape index (κ1) is 19.5. The van der Waals surface area contributed by atoms with Gasteiger partial charge in [-0.15, -0.1) is 12.4 Å². The van der Waals surface area contributed by atoms with Gasteiger partial charge in [0.2, 0.25) is 0 Å². The third kappa shape index (κ3) is 10.3. The molecule has 0 amide bonds. The highest BCUT2D eigenvalue weighted by molar-refractivity contribution is 5.85. The van der Waals surface area contributed by atoms with Gasteiger partial charge in [-0.1, -0.05) is 82.2 Å². The van der Waals surface area contributed by atoms with Gasteiger partial charge in [0.15, 0.2) is 0 Å². The van der Waals surface area contributed by atoms with Gasteiger partial charge < -0.3 is 4.90 Å². The molecule has 0 aliphatic rings. The molecule has 0 fully saturated rings. The fraction of sp³-hybridized carbons (Fsp3) is 0.667. The molecule has 1 rings (SSSR count). The summed E-state index contributed by atoms with van der Waals surface area (Å²) in [6, 6.07) is 10.8. The standard InChI is InChI=1S/C18H31N.ClH/c1-3-4-5-6-7-8-9-13-16-19(2)17-18-14-11-10-12-15-18;/h10-12,14-15H,3-9,13,16-17H2,1-2H3;1H. The molecule has 0 saturated carbocycles. The maximum Gasteiger partial charge on any atom is 0.0230 e. The lowest BCUT2D eigenvalue weighted by Gasteiger charge is -2.16. The zero-order valence-corrected chi connectivity index (χ0v) is 14.1. The van der Waals surface area contributed by atoms with Gasteiger partial charge in [-0.25, -0.2) is 0 Å². The Morgan fingerprint density at radius 1 is 0.800 bits per heavy atom. The van der Waals surface area contributed by atoms with Crippen LogP contribution in [0.25, 0.3) is 0 Å². The van der Waals surface area contributed by atoms with Crippen LogP contribution < -0.4 is 0 Å².